The number of sulfone groups is 1. The summed E-state index contributed by atoms with van der Waals surface area (Å²) >= 11 is 0. The molecule has 116 valence electrons. The highest BCUT2D eigenvalue weighted by molar-refractivity contribution is 7.91. The SMILES string of the molecule is CC1(C)C2CC=C(/C=N/NC(=O)C3CCS(=O)(=O)C3)C1C2. The van der Waals surface area contributed by atoms with Gasteiger partial charge in [-0.1, -0.05) is 19.9 Å². The van der Waals surface area contributed by atoms with Crippen LogP contribution in [-0.2, 0) is 14.6 Å². The van der Waals surface area contributed by atoms with Gasteiger partial charge in [0.2, 0.25) is 5.91 Å². The van der Waals surface area contributed by atoms with Gasteiger partial charge in [0.25, 0.3) is 0 Å². The van der Waals surface area contributed by atoms with Crippen molar-refractivity contribution in [1.29, 1.82) is 0 Å². The lowest BCUT2D eigenvalue weighted by Crippen LogP contribution is -2.48. The molecule has 3 atom stereocenters. The molecule has 0 aromatic rings. The number of rotatable bonds is 3. The van der Waals surface area contributed by atoms with Gasteiger partial charge in [-0.15, -0.1) is 0 Å². The van der Waals surface area contributed by atoms with E-state index < -0.39 is 15.8 Å². The van der Waals surface area contributed by atoms with Crippen molar-refractivity contribution in [2.24, 2.45) is 28.3 Å². The number of carbonyl (C=O) groups is 1. The summed E-state index contributed by atoms with van der Waals surface area (Å²) in [5.41, 5.74) is 4.03. The van der Waals surface area contributed by atoms with Gasteiger partial charge in [0.05, 0.1) is 23.6 Å². The van der Waals surface area contributed by atoms with E-state index in [0.717, 1.165) is 12.3 Å². The first-order valence-corrected chi connectivity index (χ1v) is 9.35. The number of hydrogen-bond donors (Lipinski definition) is 1. The Morgan fingerprint density at radius 2 is 2.24 bits per heavy atom. The normalized spacial score (nSPS) is 36.1. The molecule has 3 aliphatic carbocycles. The summed E-state index contributed by atoms with van der Waals surface area (Å²) in [4.78, 5) is 11.9. The van der Waals surface area contributed by atoms with Gasteiger partial charge < -0.3 is 0 Å². The van der Waals surface area contributed by atoms with Crippen molar-refractivity contribution in [3.63, 3.8) is 0 Å². The average Bonchev–Trinajstić information content (AvgIpc) is 2.79. The largest absolute Gasteiger partial charge is 0.273 e. The number of nitrogens with zero attached hydrogens (tertiary/aromatic N) is 1. The van der Waals surface area contributed by atoms with Gasteiger partial charge >= 0.3 is 0 Å². The number of allylic oxidation sites excluding steroid dienone is 2. The van der Waals surface area contributed by atoms with Crippen LogP contribution < -0.4 is 5.43 Å². The third-order valence-electron chi connectivity index (χ3n) is 5.50. The van der Waals surface area contributed by atoms with Gasteiger partial charge in [-0.25, -0.2) is 13.8 Å². The second-order valence-corrected chi connectivity index (χ2v) is 9.31. The van der Waals surface area contributed by atoms with Gasteiger partial charge in [0, 0.05) is 0 Å². The fourth-order valence-electron chi connectivity index (χ4n) is 3.81. The lowest BCUT2D eigenvalue weighted by molar-refractivity contribution is -0.124. The maximum Gasteiger partial charge on any atom is 0.244 e. The molecule has 0 aromatic heterocycles. The molecule has 5 nitrogen and oxygen atoms in total. The lowest BCUT2D eigenvalue weighted by atomic mass is 9.49. The predicted octanol–water partition coefficient (Wildman–Crippen LogP) is 1.52. The van der Waals surface area contributed by atoms with Crippen molar-refractivity contribution in [1.82, 2.24) is 5.43 Å². The molecule has 4 rings (SSSR count). The molecular weight excluding hydrogens is 288 g/mol. The summed E-state index contributed by atoms with van der Waals surface area (Å²) < 4.78 is 22.7. The van der Waals surface area contributed by atoms with Crippen molar-refractivity contribution in [2.75, 3.05) is 11.5 Å². The number of hydrazone groups is 1. The molecule has 1 heterocycles. The van der Waals surface area contributed by atoms with Crippen molar-refractivity contribution in [2.45, 2.75) is 33.1 Å². The molecule has 1 saturated heterocycles. The van der Waals surface area contributed by atoms with E-state index in [2.05, 4.69) is 30.5 Å². The van der Waals surface area contributed by atoms with Gasteiger partial charge in [-0.05, 0) is 42.1 Å². The summed E-state index contributed by atoms with van der Waals surface area (Å²) in [5.74, 6) is 0.639. The minimum atomic E-state index is -3.03. The van der Waals surface area contributed by atoms with E-state index in [0.29, 0.717) is 17.8 Å². The Labute approximate surface area is 125 Å². The zero-order valence-electron chi connectivity index (χ0n) is 12.5. The number of carbonyl (C=O) groups excluding carboxylic acids is 1. The highest BCUT2D eigenvalue weighted by Crippen LogP contribution is 2.58. The molecular formula is C15H22N2O3S. The predicted molar refractivity (Wildman–Crippen MR) is 81.5 cm³/mol. The van der Waals surface area contributed by atoms with E-state index in [-0.39, 0.29) is 17.4 Å². The first kappa shape index (κ1) is 14.8. The molecule has 0 aromatic carbocycles. The zero-order chi connectivity index (χ0) is 15.3. The molecule has 21 heavy (non-hydrogen) atoms. The monoisotopic (exact) mass is 310 g/mol. The molecule has 2 bridgehead atoms. The molecule has 3 unspecified atom stereocenters. The van der Waals surface area contributed by atoms with Gasteiger partial charge in [0.15, 0.2) is 9.84 Å². The maximum absolute atomic E-state index is 11.9. The van der Waals surface area contributed by atoms with E-state index in [4.69, 9.17) is 0 Å². The van der Waals surface area contributed by atoms with Crippen LogP contribution in [0.2, 0.25) is 0 Å². The first-order valence-electron chi connectivity index (χ1n) is 7.53. The minimum absolute atomic E-state index is 0.0472. The zero-order valence-corrected chi connectivity index (χ0v) is 13.3. The molecule has 0 spiro atoms. The number of amides is 1. The molecule has 1 N–H and O–H groups in total. The lowest BCUT2D eigenvalue weighted by Gasteiger charge is -2.55. The highest BCUT2D eigenvalue weighted by atomic mass is 32.2. The number of hydrogen-bond acceptors (Lipinski definition) is 4. The fraction of sp³-hybridized carbons (Fsp3) is 0.733. The summed E-state index contributed by atoms with van der Waals surface area (Å²) in [5, 5.41) is 4.04. The molecule has 2 fully saturated rings. The first-order chi connectivity index (χ1) is 9.79. The van der Waals surface area contributed by atoms with Crippen LogP contribution in [0.3, 0.4) is 0 Å². The van der Waals surface area contributed by atoms with Gasteiger partial charge in [-0.3, -0.25) is 4.79 Å². The van der Waals surface area contributed by atoms with E-state index >= 15 is 0 Å². The van der Waals surface area contributed by atoms with E-state index in [9.17, 15) is 13.2 Å². The van der Waals surface area contributed by atoms with Crippen molar-refractivity contribution < 1.29 is 13.2 Å². The van der Waals surface area contributed by atoms with Crippen LogP contribution in [0.15, 0.2) is 16.8 Å². The molecule has 1 aliphatic heterocycles. The fourth-order valence-corrected chi connectivity index (χ4v) is 5.55. The minimum Gasteiger partial charge on any atom is -0.273 e. The van der Waals surface area contributed by atoms with Crippen molar-refractivity contribution >= 4 is 22.0 Å². The Balaban J connectivity index is 1.56. The molecule has 0 radical (unpaired) electrons. The van der Waals surface area contributed by atoms with Gasteiger partial charge in [-0.2, -0.15) is 5.10 Å². The maximum atomic E-state index is 11.9. The van der Waals surface area contributed by atoms with Crippen molar-refractivity contribution in [3.8, 4) is 0 Å². The van der Waals surface area contributed by atoms with Crippen LogP contribution in [-0.4, -0.2) is 32.0 Å². The molecule has 1 amide bonds. The van der Waals surface area contributed by atoms with Crippen LogP contribution in [0.25, 0.3) is 0 Å². The molecule has 6 heteroatoms. The summed E-state index contributed by atoms with van der Waals surface area (Å²) in [6.07, 6.45) is 6.64. The Morgan fingerprint density at radius 3 is 2.81 bits per heavy atom. The van der Waals surface area contributed by atoms with Crippen LogP contribution >= 0.6 is 0 Å². The second-order valence-electron chi connectivity index (χ2n) is 7.08. The van der Waals surface area contributed by atoms with Crippen LogP contribution in [0, 0.1) is 23.2 Å². The third kappa shape index (κ3) is 2.65. The average molecular weight is 310 g/mol. The standard InChI is InChI=1S/C15H22N2O3S/c1-15(2)12-4-3-10(13(15)7-12)8-16-17-14(18)11-5-6-21(19,20)9-11/h3,8,11-13H,4-7,9H2,1-2H3,(H,17,18)/b16-8+. The quantitative estimate of drug-likeness (QED) is 0.634. The number of fused-ring (bicyclic) bond motifs is 1. The van der Waals surface area contributed by atoms with E-state index in [1.807, 2.05) is 0 Å². The topological polar surface area (TPSA) is 75.6 Å². The van der Waals surface area contributed by atoms with Crippen LogP contribution in [0.5, 0.6) is 0 Å². The van der Waals surface area contributed by atoms with Crippen LogP contribution in [0.4, 0.5) is 0 Å². The smallest absolute Gasteiger partial charge is 0.244 e. The Morgan fingerprint density at radius 1 is 1.48 bits per heavy atom. The highest BCUT2D eigenvalue weighted by Gasteiger charge is 2.50. The Kier molecular flexibility index (Phi) is 3.47. The Hall–Kier alpha value is -1.17. The number of nitrogens with one attached hydrogen (secondary N) is 1. The Bertz CT molecular complexity index is 619. The van der Waals surface area contributed by atoms with E-state index in [1.165, 1.54) is 12.0 Å². The molecule has 1 saturated carbocycles. The van der Waals surface area contributed by atoms with E-state index in [1.54, 1.807) is 6.21 Å². The molecule has 4 aliphatic rings. The summed E-state index contributed by atoms with van der Waals surface area (Å²) in [6.45, 7) is 4.57. The van der Waals surface area contributed by atoms with Crippen molar-refractivity contribution in [3.05, 3.63) is 11.6 Å². The van der Waals surface area contributed by atoms with Gasteiger partial charge in [0.1, 0.15) is 0 Å². The summed E-state index contributed by atoms with van der Waals surface area (Å²) in [6, 6.07) is 0. The third-order valence-corrected chi connectivity index (χ3v) is 7.27. The summed E-state index contributed by atoms with van der Waals surface area (Å²) in [7, 11) is -3.03. The van der Waals surface area contributed by atoms with Crippen LogP contribution in [0.1, 0.15) is 33.1 Å². The second kappa shape index (κ2) is 4.93.